The van der Waals surface area contributed by atoms with Crippen LogP contribution in [0.4, 0.5) is 0 Å². The van der Waals surface area contributed by atoms with Gasteiger partial charge >= 0.3 is 0 Å². The molecule has 27 heavy (non-hydrogen) atoms. The topological polar surface area (TPSA) is 52.0 Å². The van der Waals surface area contributed by atoms with Crippen LogP contribution in [-0.4, -0.2) is 22.0 Å². The van der Waals surface area contributed by atoms with Gasteiger partial charge in [0, 0.05) is 11.1 Å². The highest BCUT2D eigenvalue weighted by molar-refractivity contribution is 5.63. The molecule has 4 rings (SSSR count). The van der Waals surface area contributed by atoms with Crippen molar-refractivity contribution in [2.24, 2.45) is 0 Å². The van der Waals surface area contributed by atoms with Gasteiger partial charge in [0.1, 0.15) is 5.75 Å². The zero-order valence-corrected chi connectivity index (χ0v) is 15.0. The van der Waals surface area contributed by atoms with Crippen LogP contribution in [0.15, 0.2) is 84.9 Å². The molecular formula is C22H20N4O. The van der Waals surface area contributed by atoms with E-state index in [0.29, 0.717) is 6.54 Å². The van der Waals surface area contributed by atoms with Crippen molar-refractivity contribution in [3.63, 3.8) is 0 Å². The van der Waals surface area contributed by atoms with Crippen LogP contribution in [0.3, 0.4) is 0 Å². The van der Waals surface area contributed by atoms with E-state index in [9.17, 15) is 0 Å². The maximum Gasteiger partial charge on any atom is 0.182 e. The first kappa shape index (κ1) is 16.8. The molecule has 0 bridgehead atoms. The number of benzene rings is 3. The molecule has 1 N–H and O–H groups in total. The summed E-state index contributed by atoms with van der Waals surface area (Å²) in [5.74, 6) is 2.41. The average Bonchev–Trinajstić information content (AvgIpc) is 3.18. The third-order valence-electron chi connectivity index (χ3n) is 4.33. The quantitative estimate of drug-likeness (QED) is 0.557. The average molecular weight is 356 g/mol. The minimum absolute atomic E-state index is 0.641. The molecule has 5 nitrogen and oxygen atoms in total. The molecule has 0 spiro atoms. The number of hydrogen-bond donors (Lipinski definition) is 1. The molecule has 0 aliphatic heterocycles. The number of nitrogens with zero attached hydrogens (tertiary/aromatic N) is 3. The van der Waals surface area contributed by atoms with E-state index in [1.54, 1.807) is 7.11 Å². The first-order chi connectivity index (χ1) is 13.3. The summed E-state index contributed by atoms with van der Waals surface area (Å²) in [5.41, 5.74) is 6.62. The van der Waals surface area contributed by atoms with E-state index in [-0.39, 0.29) is 0 Å². The zero-order valence-electron chi connectivity index (χ0n) is 15.0. The summed E-state index contributed by atoms with van der Waals surface area (Å²) in [6, 6.07) is 28.1. The predicted octanol–water partition coefficient (Wildman–Crippen LogP) is 4.36. The van der Waals surface area contributed by atoms with Crippen molar-refractivity contribution in [3.05, 3.63) is 90.5 Å². The van der Waals surface area contributed by atoms with Crippen molar-refractivity contribution in [1.82, 2.24) is 14.9 Å². The summed E-state index contributed by atoms with van der Waals surface area (Å²) in [6.45, 7) is 0.641. The van der Waals surface area contributed by atoms with Crippen LogP contribution < -0.4 is 10.2 Å². The summed E-state index contributed by atoms with van der Waals surface area (Å²) in [6.07, 6.45) is 0. The lowest BCUT2D eigenvalue weighted by Crippen LogP contribution is -2.17. The van der Waals surface area contributed by atoms with E-state index in [1.165, 1.54) is 0 Å². The van der Waals surface area contributed by atoms with Gasteiger partial charge in [0.25, 0.3) is 0 Å². The van der Waals surface area contributed by atoms with Gasteiger partial charge in [0.15, 0.2) is 11.6 Å². The summed E-state index contributed by atoms with van der Waals surface area (Å²) >= 11 is 0. The third-order valence-corrected chi connectivity index (χ3v) is 4.33. The van der Waals surface area contributed by atoms with E-state index >= 15 is 0 Å². The smallest absolute Gasteiger partial charge is 0.182 e. The maximum absolute atomic E-state index is 5.23. The van der Waals surface area contributed by atoms with Gasteiger partial charge in [-0.15, -0.1) is 10.2 Å². The molecule has 1 aromatic heterocycles. The Labute approximate surface area is 158 Å². The molecule has 5 heteroatoms. The Morgan fingerprint density at radius 3 is 1.74 bits per heavy atom. The highest BCUT2D eigenvalue weighted by atomic mass is 16.5. The highest BCUT2D eigenvalue weighted by Crippen LogP contribution is 2.23. The fourth-order valence-electron chi connectivity index (χ4n) is 2.90. The lowest BCUT2D eigenvalue weighted by Gasteiger charge is -2.13. The van der Waals surface area contributed by atoms with Gasteiger partial charge in [-0.2, -0.15) is 0 Å². The molecule has 0 amide bonds. The molecule has 134 valence electrons. The molecule has 0 saturated heterocycles. The Bertz CT molecular complexity index is 939. The molecule has 0 unspecified atom stereocenters. The van der Waals surface area contributed by atoms with Crippen molar-refractivity contribution >= 4 is 0 Å². The molecule has 3 aromatic carbocycles. The Kier molecular flexibility index (Phi) is 4.83. The summed E-state index contributed by atoms with van der Waals surface area (Å²) in [4.78, 5) is 0. The van der Waals surface area contributed by atoms with Gasteiger partial charge < -0.3 is 10.2 Å². The maximum atomic E-state index is 5.23. The number of hydrogen-bond acceptors (Lipinski definition) is 4. The second-order valence-corrected chi connectivity index (χ2v) is 6.10. The molecule has 1 heterocycles. The summed E-state index contributed by atoms with van der Waals surface area (Å²) in [7, 11) is 1.67. The number of nitrogens with one attached hydrogen (secondary N) is 1. The van der Waals surface area contributed by atoms with Gasteiger partial charge in [-0.3, -0.25) is 0 Å². The van der Waals surface area contributed by atoms with Crippen molar-refractivity contribution < 1.29 is 4.74 Å². The Morgan fingerprint density at radius 1 is 0.741 bits per heavy atom. The fraction of sp³-hybridized carbons (Fsp3) is 0.0909. The second kappa shape index (κ2) is 7.74. The summed E-state index contributed by atoms with van der Waals surface area (Å²) < 4.78 is 7.18. The molecule has 0 atom stereocenters. The predicted molar refractivity (Wildman–Crippen MR) is 107 cm³/mol. The lowest BCUT2D eigenvalue weighted by molar-refractivity contribution is 0.414. The lowest BCUT2D eigenvalue weighted by atomic mass is 10.2. The molecule has 0 aliphatic rings. The molecular weight excluding hydrogens is 336 g/mol. The monoisotopic (exact) mass is 356 g/mol. The SMILES string of the molecule is COc1ccc(CNn2c(-c3ccccc3)nnc2-c2ccccc2)cc1. The van der Waals surface area contributed by atoms with E-state index < -0.39 is 0 Å². The Balaban J connectivity index is 1.68. The van der Waals surface area contributed by atoms with Gasteiger partial charge in [0.05, 0.1) is 13.7 Å². The molecule has 0 saturated carbocycles. The van der Waals surface area contributed by atoms with Gasteiger partial charge in [0.2, 0.25) is 0 Å². The normalized spacial score (nSPS) is 10.6. The van der Waals surface area contributed by atoms with Crippen molar-refractivity contribution in [2.75, 3.05) is 12.5 Å². The van der Waals surface area contributed by atoms with Crippen molar-refractivity contribution in [2.45, 2.75) is 6.54 Å². The minimum Gasteiger partial charge on any atom is -0.497 e. The van der Waals surface area contributed by atoms with E-state index in [2.05, 4.69) is 15.6 Å². The number of aromatic nitrogens is 3. The van der Waals surface area contributed by atoms with Crippen LogP contribution in [0.2, 0.25) is 0 Å². The van der Waals surface area contributed by atoms with Crippen LogP contribution in [0.25, 0.3) is 22.8 Å². The fourth-order valence-corrected chi connectivity index (χ4v) is 2.90. The minimum atomic E-state index is 0.641. The van der Waals surface area contributed by atoms with Crippen LogP contribution in [0.5, 0.6) is 5.75 Å². The number of ether oxygens (including phenoxy) is 1. The highest BCUT2D eigenvalue weighted by Gasteiger charge is 2.15. The van der Waals surface area contributed by atoms with Crippen LogP contribution >= 0.6 is 0 Å². The number of methoxy groups -OCH3 is 1. The molecule has 0 aliphatic carbocycles. The largest absolute Gasteiger partial charge is 0.497 e. The first-order valence-electron chi connectivity index (χ1n) is 8.78. The Hall–Kier alpha value is -3.60. The Morgan fingerprint density at radius 2 is 1.26 bits per heavy atom. The molecule has 0 fully saturated rings. The van der Waals surface area contributed by atoms with Crippen LogP contribution in [-0.2, 0) is 6.54 Å². The van der Waals surface area contributed by atoms with Gasteiger partial charge in [-0.05, 0) is 17.7 Å². The van der Waals surface area contributed by atoms with Crippen LogP contribution in [0.1, 0.15) is 5.56 Å². The van der Waals surface area contributed by atoms with Gasteiger partial charge in [-0.25, -0.2) is 4.68 Å². The van der Waals surface area contributed by atoms with Crippen molar-refractivity contribution in [3.8, 4) is 28.5 Å². The molecule has 0 radical (unpaired) electrons. The van der Waals surface area contributed by atoms with Crippen LogP contribution in [0, 0.1) is 0 Å². The van der Waals surface area contributed by atoms with E-state index in [0.717, 1.165) is 34.1 Å². The van der Waals surface area contributed by atoms with Gasteiger partial charge in [-0.1, -0.05) is 72.8 Å². The zero-order chi connectivity index (χ0) is 18.5. The summed E-state index contributed by atoms with van der Waals surface area (Å²) in [5, 5.41) is 8.87. The first-order valence-corrected chi connectivity index (χ1v) is 8.78. The van der Waals surface area contributed by atoms with Crippen molar-refractivity contribution in [1.29, 1.82) is 0 Å². The second-order valence-electron chi connectivity index (χ2n) is 6.10. The third kappa shape index (κ3) is 3.67. The standard InChI is InChI=1S/C22H20N4O/c1-27-20-14-12-17(13-15-20)16-23-26-21(18-8-4-2-5-9-18)24-25-22(26)19-10-6-3-7-11-19/h2-15,23H,16H2,1H3. The molecule has 4 aromatic rings. The number of rotatable bonds is 6. The van der Waals surface area contributed by atoms with E-state index in [4.69, 9.17) is 4.74 Å². The van der Waals surface area contributed by atoms with E-state index in [1.807, 2.05) is 89.6 Å².